The monoisotopic (exact) mass is 388 g/mol. The summed E-state index contributed by atoms with van der Waals surface area (Å²) >= 11 is 0. The molecule has 1 aromatic heterocycles. The fourth-order valence-corrected chi connectivity index (χ4v) is 3.17. The number of benzene rings is 1. The topological polar surface area (TPSA) is 76.4 Å². The van der Waals surface area contributed by atoms with Gasteiger partial charge < -0.3 is 15.4 Å². The molecule has 1 aliphatic rings. The van der Waals surface area contributed by atoms with Crippen LogP contribution in [0, 0.1) is 5.82 Å². The molecule has 1 aromatic carbocycles. The Morgan fingerprint density at radius 1 is 1.43 bits per heavy atom. The Morgan fingerprint density at radius 2 is 2.29 bits per heavy atom. The highest BCUT2D eigenvalue weighted by Gasteiger charge is 2.22. The van der Waals surface area contributed by atoms with E-state index in [1.165, 1.54) is 12.1 Å². The molecule has 0 saturated carbocycles. The van der Waals surface area contributed by atoms with Crippen molar-refractivity contribution in [3.05, 3.63) is 41.7 Å². The van der Waals surface area contributed by atoms with E-state index in [-0.39, 0.29) is 18.0 Å². The minimum Gasteiger partial charge on any atom is -0.489 e. The van der Waals surface area contributed by atoms with Crippen molar-refractivity contribution in [2.24, 2.45) is 4.99 Å². The van der Waals surface area contributed by atoms with Crippen molar-refractivity contribution in [2.75, 3.05) is 13.1 Å². The molecule has 0 amide bonds. The predicted octanol–water partition coefficient (Wildman–Crippen LogP) is 2.32. The van der Waals surface area contributed by atoms with Crippen molar-refractivity contribution < 1.29 is 9.13 Å². The number of halogens is 1. The van der Waals surface area contributed by atoms with Gasteiger partial charge in [-0.25, -0.2) is 19.0 Å². The van der Waals surface area contributed by atoms with Gasteiger partial charge in [-0.3, -0.25) is 0 Å². The van der Waals surface area contributed by atoms with Gasteiger partial charge in [-0.2, -0.15) is 5.10 Å². The molecule has 8 heteroatoms. The van der Waals surface area contributed by atoms with Crippen LogP contribution in [0.5, 0.6) is 5.75 Å². The summed E-state index contributed by atoms with van der Waals surface area (Å²) in [6.45, 7) is 8.04. The number of hydrogen-bond donors (Lipinski definition) is 2. The Kier molecular flexibility index (Phi) is 6.84. The molecule has 2 heterocycles. The number of nitrogens with zero attached hydrogens (tertiary/aromatic N) is 4. The van der Waals surface area contributed by atoms with Crippen LogP contribution in [-0.4, -0.2) is 46.0 Å². The van der Waals surface area contributed by atoms with Crippen LogP contribution in [-0.2, 0) is 19.4 Å². The van der Waals surface area contributed by atoms with Crippen LogP contribution in [0.15, 0.2) is 29.3 Å². The maximum Gasteiger partial charge on any atom is 0.191 e. The first-order chi connectivity index (χ1) is 13.6. The van der Waals surface area contributed by atoms with E-state index in [0.717, 1.165) is 50.0 Å². The zero-order valence-corrected chi connectivity index (χ0v) is 16.8. The van der Waals surface area contributed by atoms with Crippen molar-refractivity contribution in [1.29, 1.82) is 0 Å². The first-order valence-electron chi connectivity index (χ1n) is 9.97. The zero-order valence-electron chi connectivity index (χ0n) is 16.8. The number of nitrogens with one attached hydrogen (secondary N) is 2. The number of aromatic nitrogens is 3. The molecule has 0 aliphatic carbocycles. The van der Waals surface area contributed by atoms with E-state index >= 15 is 0 Å². The van der Waals surface area contributed by atoms with Crippen molar-refractivity contribution >= 4 is 5.96 Å². The van der Waals surface area contributed by atoms with E-state index in [1.807, 2.05) is 18.5 Å². The lowest BCUT2D eigenvalue weighted by Crippen LogP contribution is -2.47. The van der Waals surface area contributed by atoms with Gasteiger partial charge in [-0.1, -0.05) is 13.0 Å². The SMILES string of the molecule is CCNC(=NCC(C)Oc1cccc(F)c1)NC1CCc2nc(CC)nn2C1. The first kappa shape index (κ1) is 20.1. The third kappa shape index (κ3) is 5.43. The Hall–Kier alpha value is -2.64. The second kappa shape index (κ2) is 9.52. The standard InChI is InChI=1S/C20H29FN6O/c1-4-18-25-19-10-9-16(13-27(19)26-18)24-20(22-5-2)23-12-14(3)28-17-8-6-7-15(21)11-17/h6-8,11,14,16H,4-5,9-10,12-13H2,1-3H3,(H2,22,23,24). The van der Waals surface area contributed by atoms with E-state index in [2.05, 4.69) is 32.6 Å². The van der Waals surface area contributed by atoms with Crippen molar-refractivity contribution in [1.82, 2.24) is 25.4 Å². The van der Waals surface area contributed by atoms with Gasteiger partial charge in [0.05, 0.1) is 13.1 Å². The molecule has 0 spiro atoms. The molecule has 0 saturated heterocycles. The molecule has 2 N–H and O–H groups in total. The minimum absolute atomic E-state index is 0.169. The lowest BCUT2D eigenvalue weighted by Gasteiger charge is -2.25. The summed E-state index contributed by atoms with van der Waals surface area (Å²) in [5.41, 5.74) is 0. The Balaban J connectivity index is 1.56. The molecule has 0 bridgehead atoms. The van der Waals surface area contributed by atoms with Crippen LogP contribution >= 0.6 is 0 Å². The molecule has 2 aromatic rings. The van der Waals surface area contributed by atoms with E-state index in [9.17, 15) is 4.39 Å². The average Bonchev–Trinajstić information content (AvgIpc) is 3.09. The normalized spacial score (nSPS) is 17.7. The van der Waals surface area contributed by atoms with E-state index < -0.39 is 0 Å². The maximum atomic E-state index is 13.3. The maximum absolute atomic E-state index is 13.3. The fourth-order valence-electron chi connectivity index (χ4n) is 3.17. The molecule has 152 valence electrons. The summed E-state index contributed by atoms with van der Waals surface area (Å²) in [6.07, 6.45) is 2.58. The van der Waals surface area contributed by atoms with Gasteiger partial charge in [-0.15, -0.1) is 0 Å². The van der Waals surface area contributed by atoms with Gasteiger partial charge in [0.2, 0.25) is 0 Å². The largest absolute Gasteiger partial charge is 0.489 e. The number of hydrogen-bond acceptors (Lipinski definition) is 4. The molecule has 1 aliphatic heterocycles. The lowest BCUT2D eigenvalue weighted by molar-refractivity contribution is 0.229. The van der Waals surface area contributed by atoms with Gasteiger partial charge in [0, 0.05) is 31.5 Å². The summed E-state index contributed by atoms with van der Waals surface area (Å²) in [5.74, 6) is 2.92. The van der Waals surface area contributed by atoms with Crippen molar-refractivity contribution in [3.8, 4) is 5.75 Å². The first-order valence-corrected chi connectivity index (χ1v) is 9.97. The molecule has 7 nitrogen and oxygen atoms in total. The van der Waals surface area contributed by atoms with Gasteiger partial charge in [0.25, 0.3) is 0 Å². The number of aryl methyl sites for hydroxylation is 2. The predicted molar refractivity (Wildman–Crippen MR) is 107 cm³/mol. The number of rotatable bonds is 7. The van der Waals surface area contributed by atoms with Gasteiger partial charge >= 0.3 is 0 Å². The summed E-state index contributed by atoms with van der Waals surface area (Å²) in [5, 5.41) is 11.3. The molecule has 2 unspecified atom stereocenters. The van der Waals surface area contributed by atoms with Crippen LogP contribution in [0.25, 0.3) is 0 Å². The average molecular weight is 388 g/mol. The van der Waals surface area contributed by atoms with Crippen molar-refractivity contribution in [2.45, 2.75) is 58.7 Å². The van der Waals surface area contributed by atoms with Crippen LogP contribution in [0.3, 0.4) is 0 Å². The Labute approximate surface area is 165 Å². The second-order valence-electron chi connectivity index (χ2n) is 6.97. The molecule has 0 radical (unpaired) electrons. The third-order valence-corrected chi connectivity index (χ3v) is 4.54. The van der Waals surface area contributed by atoms with Crippen molar-refractivity contribution in [3.63, 3.8) is 0 Å². The summed E-state index contributed by atoms with van der Waals surface area (Å²) < 4.78 is 21.0. The van der Waals surface area contributed by atoms with E-state index in [1.54, 1.807) is 12.1 Å². The lowest BCUT2D eigenvalue weighted by atomic mass is 10.1. The fraction of sp³-hybridized carbons (Fsp3) is 0.550. The quantitative estimate of drug-likeness (QED) is 0.562. The van der Waals surface area contributed by atoms with E-state index in [4.69, 9.17) is 4.74 Å². The molecular weight excluding hydrogens is 359 g/mol. The number of aliphatic imine (C=N–C) groups is 1. The Bertz CT molecular complexity index is 806. The summed E-state index contributed by atoms with van der Waals surface area (Å²) in [6, 6.07) is 6.41. The van der Waals surface area contributed by atoms with Gasteiger partial charge in [0.15, 0.2) is 11.8 Å². The zero-order chi connectivity index (χ0) is 19.9. The van der Waals surface area contributed by atoms with Crippen LogP contribution in [0.4, 0.5) is 4.39 Å². The third-order valence-electron chi connectivity index (χ3n) is 4.54. The Morgan fingerprint density at radius 3 is 3.04 bits per heavy atom. The molecule has 0 fully saturated rings. The summed E-state index contributed by atoms with van der Waals surface area (Å²) in [7, 11) is 0. The minimum atomic E-state index is -0.306. The molecule has 3 rings (SSSR count). The highest BCUT2D eigenvalue weighted by Crippen LogP contribution is 2.15. The number of fused-ring (bicyclic) bond motifs is 1. The van der Waals surface area contributed by atoms with Gasteiger partial charge in [0.1, 0.15) is 23.5 Å². The highest BCUT2D eigenvalue weighted by atomic mass is 19.1. The molecule has 2 atom stereocenters. The van der Waals surface area contributed by atoms with Crippen LogP contribution in [0.1, 0.15) is 38.8 Å². The van der Waals surface area contributed by atoms with Gasteiger partial charge in [-0.05, 0) is 32.4 Å². The highest BCUT2D eigenvalue weighted by molar-refractivity contribution is 5.80. The smallest absolute Gasteiger partial charge is 0.191 e. The molecule has 28 heavy (non-hydrogen) atoms. The van der Waals surface area contributed by atoms with Crippen LogP contribution < -0.4 is 15.4 Å². The molecular formula is C20H29FN6O. The number of ether oxygens (including phenoxy) is 1. The number of guanidine groups is 1. The second-order valence-corrected chi connectivity index (χ2v) is 6.97. The summed E-state index contributed by atoms with van der Waals surface area (Å²) in [4.78, 5) is 9.19. The van der Waals surface area contributed by atoms with Crippen LogP contribution in [0.2, 0.25) is 0 Å². The van der Waals surface area contributed by atoms with E-state index in [0.29, 0.717) is 12.3 Å².